The highest BCUT2D eigenvalue weighted by Gasteiger charge is 2.23. The first-order chi connectivity index (χ1) is 11.6. The van der Waals surface area contributed by atoms with Gasteiger partial charge in [-0.15, -0.1) is 0 Å². The minimum atomic E-state index is -1.02. The number of carboxylic acid groups (broad SMARTS) is 1. The molecule has 1 N–H and O–H groups in total. The van der Waals surface area contributed by atoms with Crippen LogP contribution in [0.4, 0.5) is 0 Å². The van der Waals surface area contributed by atoms with Crippen LogP contribution in [0.3, 0.4) is 0 Å². The molecule has 1 fully saturated rings. The molecule has 2 heterocycles. The van der Waals surface area contributed by atoms with Gasteiger partial charge in [0.15, 0.2) is 5.65 Å². The minimum Gasteiger partial charge on any atom is -0.478 e. The number of aromatic nitrogens is 3. The molecule has 130 valence electrons. The Kier molecular flexibility index (Phi) is 5.28. The molecule has 1 saturated carbocycles. The molecule has 0 spiro atoms. The predicted molar refractivity (Wildman–Crippen MR) is 96.1 cm³/mol. The van der Waals surface area contributed by atoms with E-state index in [0.717, 1.165) is 37.2 Å². The minimum absolute atomic E-state index is 0.0522. The maximum Gasteiger partial charge on any atom is 0.337 e. The molecule has 6 nitrogen and oxygen atoms in total. The molecule has 0 atom stereocenters. The van der Waals surface area contributed by atoms with Crippen LogP contribution in [0.5, 0.6) is 0 Å². The summed E-state index contributed by atoms with van der Waals surface area (Å²) in [5, 5.41) is 9.24. The van der Waals surface area contributed by atoms with Crippen LogP contribution in [0.1, 0.15) is 55.4 Å². The number of imidazole rings is 1. The van der Waals surface area contributed by atoms with Crippen molar-refractivity contribution in [1.82, 2.24) is 14.1 Å². The SMILES string of the molecule is CCSCCn1c(=O)n(C2CCCCC2)c2ncc(C(=O)O)cc21. The van der Waals surface area contributed by atoms with Crippen LogP contribution < -0.4 is 5.69 Å². The number of rotatable bonds is 6. The molecular weight excluding hydrogens is 326 g/mol. The van der Waals surface area contributed by atoms with Crippen molar-refractivity contribution in [3.63, 3.8) is 0 Å². The fourth-order valence-electron chi connectivity index (χ4n) is 3.46. The molecule has 0 amide bonds. The third-order valence-electron chi connectivity index (χ3n) is 4.65. The van der Waals surface area contributed by atoms with Crippen molar-refractivity contribution < 1.29 is 9.90 Å². The van der Waals surface area contributed by atoms with Gasteiger partial charge in [0.05, 0.1) is 11.1 Å². The van der Waals surface area contributed by atoms with Crippen molar-refractivity contribution in [1.29, 1.82) is 0 Å². The molecule has 0 radical (unpaired) electrons. The van der Waals surface area contributed by atoms with E-state index < -0.39 is 5.97 Å². The van der Waals surface area contributed by atoms with Crippen LogP contribution in [0.15, 0.2) is 17.1 Å². The van der Waals surface area contributed by atoms with Gasteiger partial charge in [-0.1, -0.05) is 26.2 Å². The van der Waals surface area contributed by atoms with Gasteiger partial charge in [0, 0.05) is 24.5 Å². The van der Waals surface area contributed by atoms with E-state index in [2.05, 4.69) is 11.9 Å². The lowest BCUT2D eigenvalue weighted by Gasteiger charge is -2.22. The lowest BCUT2D eigenvalue weighted by molar-refractivity contribution is 0.0696. The normalized spacial score (nSPS) is 15.9. The second-order valence-electron chi connectivity index (χ2n) is 6.16. The summed E-state index contributed by atoms with van der Waals surface area (Å²) in [6, 6.07) is 1.76. The van der Waals surface area contributed by atoms with Gasteiger partial charge < -0.3 is 5.11 Å². The number of carboxylic acids is 1. The zero-order chi connectivity index (χ0) is 17.1. The van der Waals surface area contributed by atoms with Gasteiger partial charge in [-0.3, -0.25) is 9.13 Å². The molecule has 0 bridgehead atoms. The molecule has 24 heavy (non-hydrogen) atoms. The van der Waals surface area contributed by atoms with E-state index in [1.165, 1.54) is 12.6 Å². The van der Waals surface area contributed by atoms with Crippen molar-refractivity contribution >= 4 is 28.9 Å². The lowest BCUT2D eigenvalue weighted by atomic mass is 9.95. The monoisotopic (exact) mass is 349 g/mol. The Labute approximate surface area is 144 Å². The molecule has 2 aromatic rings. The largest absolute Gasteiger partial charge is 0.478 e. The van der Waals surface area contributed by atoms with Crippen LogP contribution in [0.2, 0.25) is 0 Å². The van der Waals surface area contributed by atoms with Gasteiger partial charge in [0.1, 0.15) is 0 Å². The maximum absolute atomic E-state index is 13.0. The van der Waals surface area contributed by atoms with Gasteiger partial charge in [0.2, 0.25) is 0 Å². The molecule has 1 aliphatic carbocycles. The zero-order valence-corrected chi connectivity index (χ0v) is 14.7. The van der Waals surface area contributed by atoms with Crippen LogP contribution >= 0.6 is 11.8 Å². The number of fused-ring (bicyclic) bond motifs is 1. The van der Waals surface area contributed by atoms with Gasteiger partial charge in [-0.2, -0.15) is 11.8 Å². The summed E-state index contributed by atoms with van der Waals surface area (Å²) in [5.41, 5.74) is 1.34. The number of hydrogen-bond donors (Lipinski definition) is 1. The van der Waals surface area contributed by atoms with E-state index in [-0.39, 0.29) is 17.3 Å². The third-order valence-corrected chi connectivity index (χ3v) is 5.53. The Morgan fingerprint density at radius 2 is 2.12 bits per heavy atom. The van der Waals surface area contributed by atoms with Crippen molar-refractivity contribution in [2.75, 3.05) is 11.5 Å². The van der Waals surface area contributed by atoms with Crippen molar-refractivity contribution in [3.05, 3.63) is 28.3 Å². The molecule has 2 aromatic heterocycles. The Balaban J connectivity index is 2.11. The van der Waals surface area contributed by atoms with E-state index in [4.69, 9.17) is 0 Å². The fourth-order valence-corrected chi connectivity index (χ4v) is 4.06. The highest BCUT2D eigenvalue weighted by Crippen LogP contribution is 2.29. The van der Waals surface area contributed by atoms with Crippen LogP contribution in [-0.4, -0.2) is 36.7 Å². The number of hydrogen-bond acceptors (Lipinski definition) is 4. The van der Waals surface area contributed by atoms with E-state index in [9.17, 15) is 14.7 Å². The maximum atomic E-state index is 13.0. The Hall–Kier alpha value is -1.76. The highest BCUT2D eigenvalue weighted by atomic mass is 32.2. The predicted octanol–water partition coefficient (Wildman–Crippen LogP) is 3.15. The molecule has 0 saturated heterocycles. The number of aromatic carboxylic acids is 1. The summed E-state index contributed by atoms with van der Waals surface area (Å²) in [4.78, 5) is 28.6. The van der Waals surface area contributed by atoms with Crippen molar-refractivity contribution in [2.24, 2.45) is 0 Å². The number of nitrogens with zero attached hydrogens (tertiary/aromatic N) is 3. The number of carbonyl (C=O) groups is 1. The van der Waals surface area contributed by atoms with Crippen molar-refractivity contribution in [2.45, 2.75) is 51.6 Å². The quantitative estimate of drug-likeness (QED) is 0.811. The highest BCUT2D eigenvalue weighted by molar-refractivity contribution is 7.99. The number of pyridine rings is 1. The second kappa shape index (κ2) is 7.42. The molecule has 0 aromatic carbocycles. The van der Waals surface area contributed by atoms with Gasteiger partial charge >= 0.3 is 11.7 Å². The summed E-state index contributed by atoms with van der Waals surface area (Å²) in [7, 11) is 0. The Bertz CT molecular complexity index is 790. The topological polar surface area (TPSA) is 77.1 Å². The zero-order valence-electron chi connectivity index (χ0n) is 13.9. The van der Waals surface area contributed by atoms with Gasteiger partial charge in [-0.05, 0) is 24.7 Å². The van der Waals surface area contributed by atoms with E-state index in [0.29, 0.717) is 17.7 Å². The number of aryl methyl sites for hydroxylation is 1. The lowest BCUT2D eigenvalue weighted by Crippen LogP contribution is -2.29. The van der Waals surface area contributed by atoms with Crippen molar-refractivity contribution in [3.8, 4) is 0 Å². The Morgan fingerprint density at radius 1 is 1.38 bits per heavy atom. The van der Waals surface area contributed by atoms with Gasteiger partial charge in [0.25, 0.3) is 0 Å². The third kappa shape index (κ3) is 3.22. The van der Waals surface area contributed by atoms with Gasteiger partial charge in [-0.25, -0.2) is 14.6 Å². The molecule has 0 aliphatic heterocycles. The summed E-state index contributed by atoms with van der Waals surface area (Å²) < 4.78 is 3.50. The molecule has 7 heteroatoms. The van der Waals surface area contributed by atoms with E-state index in [1.807, 2.05) is 0 Å². The second-order valence-corrected chi connectivity index (χ2v) is 7.56. The molecular formula is C17H23N3O3S. The first-order valence-electron chi connectivity index (χ1n) is 8.55. The Morgan fingerprint density at radius 3 is 2.79 bits per heavy atom. The first-order valence-corrected chi connectivity index (χ1v) is 9.70. The summed E-state index contributed by atoms with van der Waals surface area (Å²) in [5.74, 6) is 0.809. The van der Waals surface area contributed by atoms with Crippen LogP contribution in [0.25, 0.3) is 11.2 Å². The summed E-state index contributed by atoms with van der Waals surface area (Å²) in [6.45, 7) is 2.67. The fraction of sp³-hybridized carbons (Fsp3) is 0.588. The van der Waals surface area contributed by atoms with E-state index >= 15 is 0 Å². The number of thioether (sulfide) groups is 1. The molecule has 0 unspecified atom stereocenters. The van der Waals surface area contributed by atoms with Crippen LogP contribution in [0, 0.1) is 0 Å². The van der Waals surface area contributed by atoms with Crippen LogP contribution in [-0.2, 0) is 6.54 Å². The first kappa shape index (κ1) is 17.1. The van der Waals surface area contributed by atoms with E-state index in [1.54, 1.807) is 27.0 Å². The summed E-state index contributed by atoms with van der Waals surface area (Å²) in [6.07, 6.45) is 6.81. The average molecular weight is 349 g/mol. The molecule has 1 aliphatic rings. The standard InChI is InChI=1S/C17H23N3O3S/c1-2-24-9-8-19-14-10-12(16(21)22)11-18-15(14)20(17(19)23)13-6-4-3-5-7-13/h10-11,13H,2-9H2,1H3,(H,21,22). The smallest absolute Gasteiger partial charge is 0.337 e. The summed E-state index contributed by atoms with van der Waals surface area (Å²) >= 11 is 1.77. The average Bonchev–Trinajstić information content (AvgIpc) is 2.87. The molecule has 3 rings (SSSR count).